The van der Waals surface area contributed by atoms with Gasteiger partial charge in [-0.2, -0.15) is 0 Å². The number of hydrogen-bond donors (Lipinski definition) is 0. The zero-order valence-electron chi connectivity index (χ0n) is 17.1. The Morgan fingerprint density at radius 3 is 2.59 bits per heavy atom. The number of halogens is 1. The second kappa shape index (κ2) is 9.37. The summed E-state index contributed by atoms with van der Waals surface area (Å²) in [6, 6.07) is 15.7. The monoisotopic (exact) mass is 395 g/mol. The molecular weight excluding hydrogens is 369 g/mol. The molecule has 3 aromatic rings. The summed E-state index contributed by atoms with van der Waals surface area (Å²) in [6.45, 7) is 8.12. The van der Waals surface area contributed by atoms with Gasteiger partial charge in [0.2, 0.25) is 5.88 Å². The molecule has 1 aliphatic rings. The highest BCUT2D eigenvalue weighted by Crippen LogP contribution is 2.21. The van der Waals surface area contributed by atoms with Crippen molar-refractivity contribution in [3.8, 4) is 5.88 Å². The van der Waals surface area contributed by atoms with E-state index in [1.807, 2.05) is 49.7 Å². The first-order chi connectivity index (χ1) is 14.1. The van der Waals surface area contributed by atoms with Crippen LogP contribution in [0.2, 0.25) is 0 Å². The number of aryl methyl sites for hydroxylation is 1. The van der Waals surface area contributed by atoms with Crippen molar-refractivity contribution in [3.05, 3.63) is 82.8 Å². The third-order valence-corrected chi connectivity index (χ3v) is 4.62. The molecule has 0 bridgehead atoms. The van der Waals surface area contributed by atoms with Crippen LogP contribution in [0.3, 0.4) is 0 Å². The van der Waals surface area contributed by atoms with Gasteiger partial charge in [0.1, 0.15) is 12.4 Å². The number of aromatic nitrogens is 2. The molecule has 1 amide bonds. The average molecular weight is 395 g/mol. The lowest BCUT2D eigenvalue weighted by Gasteiger charge is -2.27. The van der Waals surface area contributed by atoms with Crippen molar-refractivity contribution >= 4 is 5.91 Å². The molecule has 1 aliphatic heterocycles. The van der Waals surface area contributed by atoms with Gasteiger partial charge in [-0.3, -0.25) is 9.48 Å². The number of fused-ring (bicyclic) bond motifs is 1. The smallest absolute Gasteiger partial charge is 0.254 e. The molecule has 0 radical (unpaired) electrons. The largest absolute Gasteiger partial charge is 0.472 e. The molecule has 0 fully saturated rings. The van der Waals surface area contributed by atoms with Gasteiger partial charge in [0.15, 0.2) is 0 Å². The van der Waals surface area contributed by atoms with Crippen molar-refractivity contribution in [1.82, 2.24) is 14.7 Å². The van der Waals surface area contributed by atoms with E-state index in [1.54, 1.807) is 4.90 Å². The van der Waals surface area contributed by atoms with Crippen molar-refractivity contribution < 1.29 is 13.9 Å². The molecule has 1 aromatic heterocycles. The van der Waals surface area contributed by atoms with Gasteiger partial charge in [0, 0.05) is 18.2 Å². The molecule has 2 aromatic carbocycles. The molecule has 4 rings (SSSR count). The lowest BCUT2D eigenvalue weighted by molar-refractivity contribution is 0.0706. The molecule has 0 N–H and O–H groups in total. The maximum atomic E-state index is 13.1. The van der Waals surface area contributed by atoms with Crippen molar-refractivity contribution in [3.63, 3.8) is 0 Å². The Labute approximate surface area is 170 Å². The highest BCUT2D eigenvalue weighted by molar-refractivity contribution is 5.94. The number of nitrogens with zero attached hydrogens (tertiary/aromatic N) is 3. The highest BCUT2D eigenvalue weighted by atomic mass is 19.1. The molecule has 0 spiro atoms. The molecule has 0 unspecified atom stereocenters. The Hall–Kier alpha value is -3.15. The van der Waals surface area contributed by atoms with E-state index in [0.29, 0.717) is 37.7 Å². The lowest BCUT2D eigenvalue weighted by atomic mass is 10.1. The fourth-order valence-electron chi connectivity index (χ4n) is 3.22. The summed E-state index contributed by atoms with van der Waals surface area (Å²) in [5, 5.41) is 4.47. The van der Waals surface area contributed by atoms with Gasteiger partial charge in [-0.05, 0) is 36.8 Å². The predicted octanol–water partition coefficient (Wildman–Crippen LogP) is 4.59. The number of carbonyl (C=O) groups is 1. The summed E-state index contributed by atoms with van der Waals surface area (Å²) in [4.78, 5) is 14.4. The molecule has 29 heavy (non-hydrogen) atoms. The quantitative estimate of drug-likeness (QED) is 0.649. The van der Waals surface area contributed by atoms with E-state index >= 15 is 0 Å². The van der Waals surface area contributed by atoms with Crippen LogP contribution in [0.15, 0.2) is 54.6 Å². The normalized spacial score (nSPS) is 12.6. The van der Waals surface area contributed by atoms with E-state index < -0.39 is 0 Å². The molecule has 0 aliphatic carbocycles. The molecule has 152 valence electrons. The van der Waals surface area contributed by atoms with Gasteiger partial charge in [-0.15, -0.1) is 5.10 Å². The summed E-state index contributed by atoms with van der Waals surface area (Å²) in [7, 11) is 0. The first-order valence-corrected chi connectivity index (χ1v) is 9.88. The molecule has 0 saturated heterocycles. The van der Waals surface area contributed by atoms with Crippen LogP contribution < -0.4 is 4.74 Å². The average Bonchev–Trinajstić information content (AvgIpc) is 3.16. The molecule has 6 heteroatoms. The van der Waals surface area contributed by atoms with Gasteiger partial charge >= 0.3 is 0 Å². The van der Waals surface area contributed by atoms with Crippen LogP contribution in [-0.2, 0) is 19.7 Å². The maximum Gasteiger partial charge on any atom is 0.254 e. The Morgan fingerprint density at radius 2 is 1.86 bits per heavy atom. The minimum absolute atomic E-state index is 0.107. The highest BCUT2D eigenvalue weighted by Gasteiger charge is 2.23. The van der Waals surface area contributed by atoms with Crippen LogP contribution in [0.25, 0.3) is 0 Å². The minimum atomic E-state index is -0.348. The summed E-state index contributed by atoms with van der Waals surface area (Å²) in [5.41, 5.74) is 3.69. The summed E-state index contributed by atoms with van der Waals surface area (Å²) < 4.78 is 20.8. The van der Waals surface area contributed by atoms with Gasteiger partial charge in [0.05, 0.1) is 18.8 Å². The topological polar surface area (TPSA) is 47.4 Å². The summed E-state index contributed by atoms with van der Waals surface area (Å²) in [5.74, 6) is 0.103. The Kier molecular flexibility index (Phi) is 6.65. The van der Waals surface area contributed by atoms with Crippen LogP contribution in [0.5, 0.6) is 5.88 Å². The first-order valence-electron chi connectivity index (χ1n) is 9.88. The van der Waals surface area contributed by atoms with E-state index in [9.17, 15) is 9.18 Å². The second-order valence-corrected chi connectivity index (χ2v) is 6.71. The molecule has 5 nitrogen and oxygen atoms in total. The number of hydrogen-bond acceptors (Lipinski definition) is 3. The van der Waals surface area contributed by atoms with E-state index in [1.165, 1.54) is 29.8 Å². The molecule has 2 heterocycles. The third-order valence-electron chi connectivity index (χ3n) is 4.62. The van der Waals surface area contributed by atoms with Crippen molar-refractivity contribution in [1.29, 1.82) is 0 Å². The number of ether oxygens (including phenoxy) is 1. The third kappa shape index (κ3) is 5.02. The zero-order valence-corrected chi connectivity index (χ0v) is 17.1. The SMILES string of the molecule is CC.Cc1cccc(COc2cc3n(n2)CCN(C(=O)c2ccc(F)cc2)C3)c1. The van der Waals surface area contributed by atoms with E-state index in [0.717, 1.165) is 11.3 Å². The fourth-order valence-corrected chi connectivity index (χ4v) is 3.22. The predicted molar refractivity (Wildman–Crippen MR) is 110 cm³/mol. The number of benzene rings is 2. The Bertz CT molecular complexity index is 967. The van der Waals surface area contributed by atoms with Crippen molar-refractivity contribution in [2.75, 3.05) is 6.54 Å². The van der Waals surface area contributed by atoms with Crippen LogP contribution in [-0.4, -0.2) is 27.1 Å². The van der Waals surface area contributed by atoms with E-state index in [2.05, 4.69) is 11.2 Å². The Morgan fingerprint density at radius 1 is 1.10 bits per heavy atom. The number of rotatable bonds is 4. The van der Waals surface area contributed by atoms with Crippen LogP contribution in [0, 0.1) is 12.7 Å². The van der Waals surface area contributed by atoms with Gasteiger partial charge in [-0.25, -0.2) is 4.39 Å². The van der Waals surface area contributed by atoms with Gasteiger partial charge in [0.25, 0.3) is 5.91 Å². The minimum Gasteiger partial charge on any atom is -0.472 e. The lowest BCUT2D eigenvalue weighted by Crippen LogP contribution is -2.38. The first kappa shape index (κ1) is 20.6. The van der Waals surface area contributed by atoms with Crippen molar-refractivity contribution in [2.24, 2.45) is 0 Å². The Balaban J connectivity index is 0.00000117. The summed E-state index contributed by atoms with van der Waals surface area (Å²) in [6.07, 6.45) is 0. The van der Waals surface area contributed by atoms with Crippen LogP contribution in [0.1, 0.15) is 41.0 Å². The zero-order chi connectivity index (χ0) is 20.8. The molecular formula is C23H26FN3O2. The standard InChI is InChI=1S/C21H20FN3O2.C2H6/c1-15-3-2-4-16(11-15)14-27-20-12-19-13-24(9-10-25(19)23-20)21(26)17-5-7-18(22)8-6-17;1-2/h2-8,11-12H,9-10,13-14H2,1H3;1-2H3. The number of amides is 1. The fraction of sp³-hybridized carbons (Fsp3) is 0.304. The van der Waals surface area contributed by atoms with Crippen LogP contribution in [0.4, 0.5) is 4.39 Å². The van der Waals surface area contributed by atoms with Crippen LogP contribution >= 0.6 is 0 Å². The number of carbonyl (C=O) groups excluding carboxylic acids is 1. The van der Waals surface area contributed by atoms with E-state index in [-0.39, 0.29) is 11.7 Å². The van der Waals surface area contributed by atoms with Gasteiger partial charge < -0.3 is 9.64 Å². The second-order valence-electron chi connectivity index (χ2n) is 6.71. The molecule has 0 saturated carbocycles. The van der Waals surface area contributed by atoms with Gasteiger partial charge in [-0.1, -0.05) is 43.7 Å². The molecule has 0 atom stereocenters. The summed E-state index contributed by atoms with van der Waals surface area (Å²) >= 11 is 0. The van der Waals surface area contributed by atoms with Crippen molar-refractivity contribution in [2.45, 2.75) is 40.5 Å². The maximum absolute atomic E-state index is 13.1. The van der Waals surface area contributed by atoms with E-state index in [4.69, 9.17) is 4.74 Å².